The highest BCUT2D eigenvalue weighted by atomic mass is 16.5. The highest BCUT2D eigenvalue weighted by Crippen LogP contribution is 2.35. The molecule has 1 N–H and O–H groups in total. The van der Waals surface area contributed by atoms with Gasteiger partial charge in [0.15, 0.2) is 0 Å². The number of ether oxygens (including phenoxy) is 2. The standard InChI is InChI=1S/C23H24N4O3/c1-4-29-21-12-18-10-15(2)30-22(18)11-17(21)8-9-23(28)25-19-6-5-7-20(13-19)27-14-24-26-16(27)3/h5-9,11-15H,4,10H2,1-3H3,(H,25,28)/b9-8+. The summed E-state index contributed by atoms with van der Waals surface area (Å²) in [6, 6.07) is 11.5. The molecule has 0 saturated heterocycles. The van der Waals surface area contributed by atoms with Crippen molar-refractivity contribution >= 4 is 17.7 Å². The van der Waals surface area contributed by atoms with Gasteiger partial charge in [-0.1, -0.05) is 6.07 Å². The Labute approximate surface area is 175 Å². The maximum absolute atomic E-state index is 12.5. The van der Waals surface area contributed by atoms with Gasteiger partial charge in [0.2, 0.25) is 5.91 Å². The Bertz CT molecular complexity index is 1100. The van der Waals surface area contributed by atoms with Crippen LogP contribution in [0.4, 0.5) is 5.69 Å². The van der Waals surface area contributed by atoms with E-state index in [0.29, 0.717) is 12.3 Å². The third kappa shape index (κ3) is 4.20. The largest absolute Gasteiger partial charge is 0.493 e. The van der Waals surface area contributed by atoms with Crippen molar-refractivity contribution in [2.75, 3.05) is 11.9 Å². The summed E-state index contributed by atoms with van der Waals surface area (Å²) in [5.74, 6) is 2.14. The molecule has 1 amide bonds. The Hall–Kier alpha value is -3.61. The zero-order valence-electron chi connectivity index (χ0n) is 17.3. The van der Waals surface area contributed by atoms with Crippen LogP contribution >= 0.6 is 0 Å². The minimum atomic E-state index is -0.232. The predicted octanol–water partition coefficient (Wildman–Crippen LogP) is 3.95. The van der Waals surface area contributed by atoms with Crippen molar-refractivity contribution in [2.24, 2.45) is 0 Å². The van der Waals surface area contributed by atoms with Crippen LogP contribution in [-0.2, 0) is 11.2 Å². The smallest absolute Gasteiger partial charge is 0.248 e. The van der Waals surface area contributed by atoms with Crippen molar-refractivity contribution in [3.05, 3.63) is 65.8 Å². The Balaban J connectivity index is 1.51. The van der Waals surface area contributed by atoms with Gasteiger partial charge in [-0.3, -0.25) is 9.36 Å². The predicted molar refractivity (Wildman–Crippen MR) is 115 cm³/mol. The molecule has 1 aliphatic rings. The van der Waals surface area contributed by atoms with Crippen molar-refractivity contribution < 1.29 is 14.3 Å². The van der Waals surface area contributed by atoms with Crippen molar-refractivity contribution in [3.63, 3.8) is 0 Å². The number of aryl methyl sites for hydroxylation is 1. The molecule has 1 atom stereocenters. The monoisotopic (exact) mass is 404 g/mol. The van der Waals surface area contributed by atoms with E-state index in [4.69, 9.17) is 9.47 Å². The molecular weight excluding hydrogens is 380 g/mol. The maximum Gasteiger partial charge on any atom is 0.248 e. The van der Waals surface area contributed by atoms with Crippen LogP contribution < -0.4 is 14.8 Å². The summed E-state index contributed by atoms with van der Waals surface area (Å²) in [7, 11) is 0. The molecule has 1 aromatic heterocycles. The summed E-state index contributed by atoms with van der Waals surface area (Å²) in [6.45, 7) is 6.41. The number of fused-ring (bicyclic) bond motifs is 1. The van der Waals surface area contributed by atoms with Crippen molar-refractivity contribution in [3.8, 4) is 17.2 Å². The molecule has 7 nitrogen and oxygen atoms in total. The number of hydrogen-bond donors (Lipinski definition) is 1. The summed E-state index contributed by atoms with van der Waals surface area (Å²) >= 11 is 0. The molecule has 0 spiro atoms. The first-order valence-corrected chi connectivity index (χ1v) is 9.96. The normalized spacial score (nSPS) is 15.1. The molecule has 2 heterocycles. The zero-order chi connectivity index (χ0) is 21.1. The van der Waals surface area contributed by atoms with E-state index in [0.717, 1.165) is 40.6 Å². The van der Waals surface area contributed by atoms with Gasteiger partial charge in [-0.15, -0.1) is 10.2 Å². The first-order chi connectivity index (χ1) is 14.5. The molecule has 0 saturated carbocycles. The molecule has 2 aromatic carbocycles. The van der Waals surface area contributed by atoms with Crippen LogP contribution in [0.15, 0.2) is 48.8 Å². The summed E-state index contributed by atoms with van der Waals surface area (Å²) in [4.78, 5) is 12.5. The molecule has 0 fully saturated rings. The second kappa shape index (κ2) is 8.41. The minimum Gasteiger partial charge on any atom is -0.493 e. The van der Waals surface area contributed by atoms with Crippen LogP contribution in [0.3, 0.4) is 0 Å². The van der Waals surface area contributed by atoms with E-state index in [1.165, 1.54) is 6.08 Å². The number of rotatable bonds is 6. The number of nitrogens with one attached hydrogen (secondary N) is 1. The minimum absolute atomic E-state index is 0.151. The number of benzene rings is 2. The van der Waals surface area contributed by atoms with E-state index in [2.05, 4.69) is 15.5 Å². The molecule has 0 radical (unpaired) electrons. The Morgan fingerprint density at radius 1 is 1.37 bits per heavy atom. The Morgan fingerprint density at radius 3 is 3.00 bits per heavy atom. The van der Waals surface area contributed by atoms with E-state index in [1.54, 1.807) is 12.4 Å². The van der Waals surface area contributed by atoms with Gasteiger partial charge in [-0.25, -0.2) is 0 Å². The number of aromatic nitrogens is 3. The lowest BCUT2D eigenvalue weighted by atomic mass is 10.1. The van der Waals surface area contributed by atoms with Gasteiger partial charge in [0, 0.05) is 29.3 Å². The van der Waals surface area contributed by atoms with E-state index in [1.807, 2.05) is 61.7 Å². The van der Waals surface area contributed by atoms with E-state index < -0.39 is 0 Å². The molecule has 3 aromatic rings. The summed E-state index contributed by atoms with van der Waals surface area (Å²) in [6.07, 6.45) is 5.91. The fraction of sp³-hybridized carbons (Fsp3) is 0.261. The van der Waals surface area contributed by atoms with Gasteiger partial charge >= 0.3 is 0 Å². The number of nitrogens with zero attached hydrogens (tertiary/aromatic N) is 3. The van der Waals surface area contributed by atoms with Gasteiger partial charge < -0.3 is 14.8 Å². The van der Waals surface area contributed by atoms with Gasteiger partial charge in [0.05, 0.1) is 12.3 Å². The average molecular weight is 404 g/mol. The van der Waals surface area contributed by atoms with Crippen molar-refractivity contribution in [1.82, 2.24) is 14.8 Å². The molecular formula is C23H24N4O3. The van der Waals surface area contributed by atoms with Crippen LogP contribution in [-0.4, -0.2) is 33.4 Å². The Morgan fingerprint density at radius 2 is 2.23 bits per heavy atom. The van der Waals surface area contributed by atoms with Crippen LogP contribution in [0.5, 0.6) is 11.5 Å². The lowest BCUT2D eigenvalue weighted by molar-refractivity contribution is -0.111. The van der Waals surface area contributed by atoms with Crippen LogP contribution in [0, 0.1) is 6.92 Å². The average Bonchev–Trinajstić information content (AvgIpc) is 3.30. The summed E-state index contributed by atoms with van der Waals surface area (Å²) in [5.41, 5.74) is 3.51. The second-order valence-electron chi connectivity index (χ2n) is 7.18. The first-order valence-electron chi connectivity index (χ1n) is 9.96. The van der Waals surface area contributed by atoms with Crippen LogP contribution in [0.1, 0.15) is 30.8 Å². The highest BCUT2D eigenvalue weighted by Gasteiger charge is 2.21. The number of carbonyl (C=O) groups excluding carboxylic acids is 1. The van der Waals surface area contributed by atoms with Gasteiger partial charge in [-0.05, 0) is 57.2 Å². The zero-order valence-corrected chi connectivity index (χ0v) is 17.3. The van der Waals surface area contributed by atoms with Gasteiger partial charge in [-0.2, -0.15) is 0 Å². The van der Waals surface area contributed by atoms with Crippen LogP contribution in [0.25, 0.3) is 11.8 Å². The first kappa shape index (κ1) is 19.7. The second-order valence-corrected chi connectivity index (χ2v) is 7.18. The van der Waals surface area contributed by atoms with E-state index in [9.17, 15) is 4.79 Å². The van der Waals surface area contributed by atoms with Crippen molar-refractivity contribution in [1.29, 1.82) is 0 Å². The number of anilines is 1. The molecule has 7 heteroatoms. The number of hydrogen-bond acceptors (Lipinski definition) is 5. The molecule has 1 aliphatic heterocycles. The molecule has 30 heavy (non-hydrogen) atoms. The third-order valence-corrected chi connectivity index (χ3v) is 4.85. The number of amides is 1. The third-order valence-electron chi connectivity index (χ3n) is 4.85. The lowest BCUT2D eigenvalue weighted by Crippen LogP contribution is -2.08. The molecule has 154 valence electrons. The fourth-order valence-corrected chi connectivity index (χ4v) is 3.50. The van der Waals surface area contributed by atoms with Gasteiger partial charge in [0.25, 0.3) is 0 Å². The molecule has 1 unspecified atom stereocenters. The van der Waals surface area contributed by atoms with Gasteiger partial charge in [0.1, 0.15) is 29.8 Å². The van der Waals surface area contributed by atoms with E-state index >= 15 is 0 Å². The highest BCUT2D eigenvalue weighted by molar-refractivity contribution is 6.02. The van der Waals surface area contributed by atoms with Crippen LogP contribution in [0.2, 0.25) is 0 Å². The maximum atomic E-state index is 12.5. The lowest BCUT2D eigenvalue weighted by Gasteiger charge is -2.10. The SMILES string of the molecule is CCOc1cc2c(cc1/C=C/C(=O)Nc1cccc(-n3cnnc3C)c1)OC(C)C2. The quantitative estimate of drug-likeness (QED) is 0.630. The number of carbonyl (C=O) groups is 1. The van der Waals surface area contributed by atoms with E-state index in [-0.39, 0.29) is 12.0 Å². The fourth-order valence-electron chi connectivity index (χ4n) is 3.50. The summed E-state index contributed by atoms with van der Waals surface area (Å²) in [5, 5.41) is 10.8. The summed E-state index contributed by atoms with van der Waals surface area (Å²) < 4.78 is 13.5. The molecule has 4 rings (SSSR count). The van der Waals surface area contributed by atoms with Crippen molar-refractivity contribution in [2.45, 2.75) is 33.3 Å². The topological polar surface area (TPSA) is 78.3 Å². The molecule has 0 aliphatic carbocycles. The molecule has 0 bridgehead atoms. The Kier molecular flexibility index (Phi) is 5.52.